The van der Waals surface area contributed by atoms with Gasteiger partial charge in [0.25, 0.3) is 5.91 Å². The van der Waals surface area contributed by atoms with E-state index in [1.807, 2.05) is 0 Å². The summed E-state index contributed by atoms with van der Waals surface area (Å²) in [5.41, 5.74) is 0.341. The van der Waals surface area contributed by atoms with Gasteiger partial charge in [-0.15, -0.1) is 0 Å². The molecule has 3 rings (SSSR count). The van der Waals surface area contributed by atoms with Crippen molar-refractivity contribution in [1.82, 2.24) is 15.3 Å². The van der Waals surface area contributed by atoms with Gasteiger partial charge in [0.2, 0.25) is 0 Å². The van der Waals surface area contributed by atoms with E-state index < -0.39 is 0 Å². The highest BCUT2D eigenvalue weighted by molar-refractivity contribution is 5.92. The molecule has 1 saturated heterocycles. The van der Waals surface area contributed by atoms with Gasteiger partial charge in [0.1, 0.15) is 11.5 Å². The van der Waals surface area contributed by atoms with Crippen molar-refractivity contribution in [2.75, 3.05) is 19.0 Å². The standard InChI is InChI=1S/C13H18N4O2/c1-14-11-7-15-6-10(16-11)13(18)17-9-4-5-19-12(9)8-2-3-8/h6-9,12H,2-5H2,1H3,(H,14,16)(H,17,18). The molecule has 1 aromatic heterocycles. The van der Waals surface area contributed by atoms with Crippen LogP contribution in [0.3, 0.4) is 0 Å². The average molecular weight is 262 g/mol. The van der Waals surface area contributed by atoms with Crippen LogP contribution in [-0.4, -0.2) is 41.7 Å². The summed E-state index contributed by atoms with van der Waals surface area (Å²) in [5, 5.41) is 5.90. The summed E-state index contributed by atoms with van der Waals surface area (Å²) in [6.07, 6.45) is 6.56. The molecule has 2 fully saturated rings. The number of anilines is 1. The van der Waals surface area contributed by atoms with Crippen LogP contribution in [0.4, 0.5) is 5.82 Å². The van der Waals surface area contributed by atoms with Crippen LogP contribution in [0.25, 0.3) is 0 Å². The van der Waals surface area contributed by atoms with Crippen LogP contribution in [-0.2, 0) is 4.74 Å². The Kier molecular flexibility index (Phi) is 3.33. The number of carbonyl (C=O) groups is 1. The number of hydrogen-bond acceptors (Lipinski definition) is 5. The second-order valence-corrected chi connectivity index (χ2v) is 5.08. The van der Waals surface area contributed by atoms with Gasteiger partial charge in [-0.2, -0.15) is 0 Å². The van der Waals surface area contributed by atoms with Gasteiger partial charge in [-0.3, -0.25) is 9.78 Å². The summed E-state index contributed by atoms with van der Waals surface area (Å²) < 4.78 is 5.71. The van der Waals surface area contributed by atoms with Gasteiger partial charge in [0.05, 0.1) is 24.5 Å². The van der Waals surface area contributed by atoms with Crippen molar-refractivity contribution in [1.29, 1.82) is 0 Å². The zero-order valence-corrected chi connectivity index (χ0v) is 10.9. The first-order valence-electron chi connectivity index (χ1n) is 6.70. The Morgan fingerprint density at radius 2 is 2.21 bits per heavy atom. The SMILES string of the molecule is CNc1cncc(C(=O)NC2CCOC2C2CC2)n1. The van der Waals surface area contributed by atoms with Gasteiger partial charge in [-0.1, -0.05) is 0 Å². The second kappa shape index (κ2) is 5.13. The van der Waals surface area contributed by atoms with Crippen molar-refractivity contribution < 1.29 is 9.53 Å². The van der Waals surface area contributed by atoms with E-state index in [1.54, 1.807) is 13.2 Å². The summed E-state index contributed by atoms with van der Waals surface area (Å²) in [6.45, 7) is 0.731. The van der Waals surface area contributed by atoms with E-state index in [-0.39, 0.29) is 18.1 Å². The molecule has 0 radical (unpaired) electrons. The summed E-state index contributed by atoms with van der Waals surface area (Å²) in [4.78, 5) is 20.4. The van der Waals surface area contributed by atoms with Crippen molar-refractivity contribution in [3.63, 3.8) is 0 Å². The lowest BCUT2D eigenvalue weighted by molar-refractivity contribution is 0.0727. The van der Waals surface area contributed by atoms with Crippen molar-refractivity contribution in [2.45, 2.75) is 31.4 Å². The minimum absolute atomic E-state index is 0.111. The first kappa shape index (κ1) is 12.3. The van der Waals surface area contributed by atoms with E-state index in [4.69, 9.17) is 4.74 Å². The lowest BCUT2D eigenvalue weighted by atomic mass is 10.1. The van der Waals surface area contributed by atoms with Gasteiger partial charge in [-0.05, 0) is 25.2 Å². The fraction of sp³-hybridized carbons (Fsp3) is 0.615. The van der Waals surface area contributed by atoms with Gasteiger partial charge in [0, 0.05) is 13.7 Å². The van der Waals surface area contributed by atoms with Crippen molar-refractivity contribution in [3.05, 3.63) is 18.1 Å². The number of aromatic nitrogens is 2. The largest absolute Gasteiger partial charge is 0.376 e. The first-order chi connectivity index (χ1) is 9.28. The number of nitrogens with one attached hydrogen (secondary N) is 2. The third kappa shape index (κ3) is 2.68. The van der Waals surface area contributed by atoms with Gasteiger partial charge < -0.3 is 15.4 Å². The van der Waals surface area contributed by atoms with Crippen LogP contribution in [0.2, 0.25) is 0 Å². The molecule has 0 aromatic carbocycles. The van der Waals surface area contributed by atoms with E-state index in [2.05, 4.69) is 20.6 Å². The van der Waals surface area contributed by atoms with E-state index in [0.717, 1.165) is 13.0 Å². The van der Waals surface area contributed by atoms with Crippen LogP contribution in [0.5, 0.6) is 0 Å². The third-order valence-electron chi connectivity index (χ3n) is 3.66. The van der Waals surface area contributed by atoms with Gasteiger partial charge in [0.15, 0.2) is 0 Å². The number of ether oxygens (including phenoxy) is 1. The van der Waals surface area contributed by atoms with Crippen LogP contribution in [0, 0.1) is 5.92 Å². The smallest absolute Gasteiger partial charge is 0.271 e. The van der Waals surface area contributed by atoms with Crippen LogP contribution < -0.4 is 10.6 Å². The molecule has 1 aromatic rings. The number of rotatable bonds is 4. The number of amides is 1. The Morgan fingerprint density at radius 3 is 2.95 bits per heavy atom. The summed E-state index contributed by atoms with van der Waals surface area (Å²) in [7, 11) is 1.75. The molecule has 2 atom stereocenters. The molecule has 2 unspecified atom stereocenters. The second-order valence-electron chi connectivity index (χ2n) is 5.08. The maximum absolute atomic E-state index is 12.2. The van der Waals surface area contributed by atoms with E-state index in [9.17, 15) is 4.79 Å². The Hall–Kier alpha value is -1.69. The van der Waals surface area contributed by atoms with Crippen molar-refractivity contribution >= 4 is 11.7 Å². The maximum atomic E-state index is 12.2. The zero-order chi connectivity index (χ0) is 13.2. The summed E-state index contributed by atoms with van der Waals surface area (Å²) >= 11 is 0. The molecule has 6 heteroatoms. The van der Waals surface area contributed by atoms with Gasteiger partial charge >= 0.3 is 0 Å². The lowest BCUT2D eigenvalue weighted by Gasteiger charge is -2.19. The number of nitrogens with zero attached hydrogens (tertiary/aromatic N) is 2. The van der Waals surface area contributed by atoms with Crippen LogP contribution in [0.1, 0.15) is 29.8 Å². The highest BCUT2D eigenvalue weighted by Gasteiger charge is 2.41. The topological polar surface area (TPSA) is 76.1 Å². The van der Waals surface area contributed by atoms with Gasteiger partial charge in [-0.25, -0.2) is 4.98 Å². The Morgan fingerprint density at radius 1 is 1.37 bits per heavy atom. The molecule has 0 spiro atoms. The molecule has 2 N–H and O–H groups in total. The normalized spacial score (nSPS) is 26.2. The fourth-order valence-corrected chi connectivity index (χ4v) is 2.49. The highest BCUT2D eigenvalue weighted by Crippen LogP contribution is 2.38. The maximum Gasteiger partial charge on any atom is 0.271 e. The fourth-order valence-electron chi connectivity index (χ4n) is 2.49. The molecule has 1 aliphatic heterocycles. The van der Waals surface area contributed by atoms with E-state index in [0.29, 0.717) is 17.4 Å². The minimum atomic E-state index is -0.175. The Labute approximate surface area is 112 Å². The monoisotopic (exact) mass is 262 g/mol. The summed E-state index contributed by atoms with van der Waals surface area (Å²) in [5.74, 6) is 1.04. The molecular weight excluding hydrogens is 244 g/mol. The third-order valence-corrected chi connectivity index (χ3v) is 3.66. The van der Waals surface area contributed by atoms with Crippen LogP contribution >= 0.6 is 0 Å². The molecule has 1 saturated carbocycles. The van der Waals surface area contributed by atoms with Crippen molar-refractivity contribution in [2.24, 2.45) is 5.92 Å². The molecule has 1 aliphatic carbocycles. The molecule has 2 aliphatic rings. The predicted octanol–water partition coefficient (Wildman–Crippen LogP) is 0.816. The van der Waals surface area contributed by atoms with Crippen molar-refractivity contribution in [3.8, 4) is 0 Å². The summed E-state index contributed by atoms with van der Waals surface area (Å²) in [6, 6.07) is 0.111. The molecule has 2 heterocycles. The van der Waals surface area contributed by atoms with E-state index >= 15 is 0 Å². The first-order valence-corrected chi connectivity index (χ1v) is 6.70. The Balaban J connectivity index is 1.66. The quantitative estimate of drug-likeness (QED) is 0.840. The zero-order valence-electron chi connectivity index (χ0n) is 10.9. The highest BCUT2D eigenvalue weighted by atomic mass is 16.5. The molecule has 1 amide bonds. The van der Waals surface area contributed by atoms with Crippen LogP contribution in [0.15, 0.2) is 12.4 Å². The predicted molar refractivity (Wildman–Crippen MR) is 69.9 cm³/mol. The number of carbonyl (C=O) groups excluding carboxylic acids is 1. The Bertz CT molecular complexity index is 475. The van der Waals surface area contributed by atoms with E-state index in [1.165, 1.54) is 19.0 Å². The molecule has 102 valence electrons. The average Bonchev–Trinajstić information content (AvgIpc) is 3.19. The molecule has 6 nitrogen and oxygen atoms in total. The lowest BCUT2D eigenvalue weighted by Crippen LogP contribution is -2.41. The minimum Gasteiger partial charge on any atom is -0.376 e. The molecule has 19 heavy (non-hydrogen) atoms. The molecule has 0 bridgehead atoms. The number of hydrogen-bond donors (Lipinski definition) is 2. The molecular formula is C13H18N4O2.